The van der Waals surface area contributed by atoms with E-state index in [0.29, 0.717) is 12.8 Å². The highest BCUT2D eigenvalue weighted by molar-refractivity contribution is 5.76. The molecular formula is C12H13NO3. The Bertz CT molecular complexity index is 454. The molecule has 1 unspecified atom stereocenters. The summed E-state index contributed by atoms with van der Waals surface area (Å²) in [4.78, 5) is 21.5. The van der Waals surface area contributed by atoms with Crippen molar-refractivity contribution in [3.05, 3.63) is 39.4 Å². The van der Waals surface area contributed by atoms with Gasteiger partial charge >= 0.3 is 0 Å². The minimum absolute atomic E-state index is 0.153. The number of fused-ring (bicyclic) bond motifs is 1. The van der Waals surface area contributed by atoms with E-state index in [0.717, 1.165) is 17.5 Å². The first kappa shape index (κ1) is 10.8. The fourth-order valence-electron chi connectivity index (χ4n) is 2.44. The first-order valence-electron chi connectivity index (χ1n) is 5.32. The Kier molecular flexibility index (Phi) is 2.73. The Labute approximate surface area is 93.4 Å². The smallest absolute Gasteiger partial charge is 0.272 e. The van der Waals surface area contributed by atoms with Gasteiger partial charge in [0.2, 0.25) is 0 Å². The molecule has 1 atom stereocenters. The van der Waals surface area contributed by atoms with Gasteiger partial charge in [0.25, 0.3) is 5.69 Å². The fraction of sp³-hybridized carbons (Fsp3) is 0.417. The molecule has 0 aliphatic heterocycles. The van der Waals surface area contributed by atoms with Crippen molar-refractivity contribution in [2.75, 3.05) is 0 Å². The van der Waals surface area contributed by atoms with Crippen molar-refractivity contribution in [1.29, 1.82) is 0 Å². The second-order valence-electron chi connectivity index (χ2n) is 4.35. The van der Waals surface area contributed by atoms with Gasteiger partial charge in [-0.15, -0.1) is 0 Å². The highest BCUT2D eigenvalue weighted by atomic mass is 16.6. The van der Waals surface area contributed by atoms with Gasteiger partial charge in [0.15, 0.2) is 0 Å². The van der Waals surface area contributed by atoms with E-state index in [1.54, 1.807) is 13.0 Å². The molecule has 16 heavy (non-hydrogen) atoms. The van der Waals surface area contributed by atoms with E-state index in [4.69, 9.17) is 0 Å². The SMILES string of the molecule is CC(=O)CC1Cc2cccc([N+](=O)[O-])c2C1. The van der Waals surface area contributed by atoms with Gasteiger partial charge in [0.05, 0.1) is 4.92 Å². The lowest BCUT2D eigenvalue weighted by Crippen LogP contribution is -2.05. The second-order valence-corrected chi connectivity index (χ2v) is 4.35. The predicted octanol–water partition coefficient (Wildman–Crippen LogP) is 2.29. The lowest BCUT2D eigenvalue weighted by molar-refractivity contribution is -0.385. The van der Waals surface area contributed by atoms with E-state index in [1.165, 1.54) is 6.07 Å². The van der Waals surface area contributed by atoms with Gasteiger partial charge in [-0.3, -0.25) is 10.1 Å². The van der Waals surface area contributed by atoms with E-state index < -0.39 is 0 Å². The zero-order valence-electron chi connectivity index (χ0n) is 9.10. The van der Waals surface area contributed by atoms with Crippen LogP contribution < -0.4 is 0 Å². The van der Waals surface area contributed by atoms with Crippen molar-refractivity contribution in [3.63, 3.8) is 0 Å². The van der Waals surface area contributed by atoms with E-state index in [1.807, 2.05) is 6.07 Å². The molecule has 4 heteroatoms. The fourth-order valence-corrected chi connectivity index (χ4v) is 2.44. The van der Waals surface area contributed by atoms with Crippen molar-refractivity contribution in [2.24, 2.45) is 5.92 Å². The number of ketones is 1. The Morgan fingerprint density at radius 1 is 1.50 bits per heavy atom. The number of benzene rings is 1. The maximum atomic E-state index is 11.0. The summed E-state index contributed by atoms with van der Waals surface area (Å²) in [6, 6.07) is 5.17. The topological polar surface area (TPSA) is 60.2 Å². The first-order valence-corrected chi connectivity index (χ1v) is 5.32. The largest absolute Gasteiger partial charge is 0.300 e. The summed E-state index contributed by atoms with van der Waals surface area (Å²) in [5.74, 6) is 0.397. The predicted molar refractivity (Wildman–Crippen MR) is 59.3 cm³/mol. The Balaban J connectivity index is 2.26. The summed E-state index contributed by atoms with van der Waals surface area (Å²) in [6.45, 7) is 1.57. The van der Waals surface area contributed by atoms with Gasteiger partial charge in [-0.25, -0.2) is 0 Å². The molecule has 0 saturated carbocycles. The van der Waals surface area contributed by atoms with Crippen LogP contribution in [0.4, 0.5) is 5.69 Å². The minimum atomic E-state index is -0.338. The molecule has 0 heterocycles. The highest BCUT2D eigenvalue weighted by Gasteiger charge is 2.28. The monoisotopic (exact) mass is 219 g/mol. The molecule has 0 aromatic heterocycles. The molecule has 1 aromatic rings. The number of rotatable bonds is 3. The number of hydrogen-bond donors (Lipinski definition) is 0. The zero-order valence-corrected chi connectivity index (χ0v) is 9.10. The molecule has 1 aliphatic carbocycles. The molecule has 2 rings (SSSR count). The van der Waals surface area contributed by atoms with Crippen molar-refractivity contribution in [1.82, 2.24) is 0 Å². The van der Waals surface area contributed by atoms with Gasteiger partial charge in [0.1, 0.15) is 5.78 Å². The summed E-state index contributed by atoms with van der Waals surface area (Å²) in [7, 11) is 0. The maximum Gasteiger partial charge on any atom is 0.272 e. The number of carbonyl (C=O) groups excluding carboxylic acids is 1. The number of hydrogen-bond acceptors (Lipinski definition) is 3. The maximum absolute atomic E-state index is 11.0. The third-order valence-electron chi connectivity index (χ3n) is 3.02. The van der Waals surface area contributed by atoms with Crippen LogP contribution in [0, 0.1) is 16.0 Å². The number of carbonyl (C=O) groups is 1. The summed E-state index contributed by atoms with van der Waals surface area (Å²) < 4.78 is 0. The molecule has 4 nitrogen and oxygen atoms in total. The zero-order chi connectivity index (χ0) is 11.7. The Morgan fingerprint density at radius 3 is 2.88 bits per heavy atom. The van der Waals surface area contributed by atoms with Crippen molar-refractivity contribution in [3.8, 4) is 0 Å². The number of nitro groups is 1. The Hall–Kier alpha value is -1.71. The van der Waals surface area contributed by atoms with Crippen molar-refractivity contribution >= 4 is 11.5 Å². The quantitative estimate of drug-likeness (QED) is 0.578. The number of nitrogens with zero attached hydrogens (tertiary/aromatic N) is 1. The van der Waals surface area contributed by atoms with Crippen LogP contribution in [0.3, 0.4) is 0 Å². The van der Waals surface area contributed by atoms with Crippen LogP contribution in [0.25, 0.3) is 0 Å². The van der Waals surface area contributed by atoms with E-state index in [9.17, 15) is 14.9 Å². The molecule has 0 amide bonds. The van der Waals surface area contributed by atoms with E-state index in [2.05, 4.69) is 0 Å². The van der Waals surface area contributed by atoms with Crippen LogP contribution in [-0.2, 0) is 17.6 Å². The molecule has 0 fully saturated rings. The van der Waals surface area contributed by atoms with E-state index in [-0.39, 0.29) is 22.3 Å². The number of Topliss-reactive ketones (excluding diaryl/α,β-unsaturated/α-hetero) is 1. The van der Waals surface area contributed by atoms with Gasteiger partial charge < -0.3 is 4.79 Å². The normalized spacial score (nSPS) is 18.2. The molecule has 0 radical (unpaired) electrons. The molecule has 0 spiro atoms. The van der Waals surface area contributed by atoms with Crippen LogP contribution >= 0.6 is 0 Å². The standard InChI is InChI=1S/C12H13NO3/c1-8(14)5-9-6-10-3-2-4-12(13(15)16)11(10)7-9/h2-4,9H,5-7H2,1H3. The van der Waals surface area contributed by atoms with Crippen LogP contribution in [-0.4, -0.2) is 10.7 Å². The average molecular weight is 219 g/mol. The van der Waals surface area contributed by atoms with Gasteiger partial charge in [-0.2, -0.15) is 0 Å². The first-order chi connectivity index (χ1) is 7.58. The van der Waals surface area contributed by atoms with Crippen LogP contribution in [0.2, 0.25) is 0 Å². The summed E-state index contributed by atoms with van der Waals surface area (Å²) in [6.07, 6.45) is 1.97. The second kappa shape index (κ2) is 4.04. The van der Waals surface area contributed by atoms with Crippen molar-refractivity contribution in [2.45, 2.75) is 26.2 Å². The van der Waals surface area contributed by atoms with Gasteiger partial charge in [-0.05, 0) is 31.2 Å². The Morgan fingerprint density at radius 2 is 2.25 bits per heavy atom. The lowest BCUT2D eigenvalue weighted by Gasteiger charge is -2.03. The molecule has 84 valence electrons. The minimum Gasteiger partial charge on any atom is -0.300 e. The third-order valence-corrected chi connectivity index (χ3v) is 3.02. The summed E-state index contributed by atoms with van der Waals surface area (Å²) >= 11 is 0. The molecular weight excluding hydrogens is 206 g/mol. The van der Waals surface area contributed by atoms with E-state index >= 15 is 0 Å². The van der Waals surface area contributed by atoms with Crippen LogP contribution in [0.15, 0.2) is 18.2 Å². The molecule has 1 aromatic carbocycles. The van der Waals surface area contributed by atoms with Gasteiger partial charge in [-0.1, -0.05) is 12.1 Å². The third kappa shape index (κ3) is 1.96. The average Bonchev–Trinajstić information content (AvgIpc) is 2.57. The molecule has 0 N–H and O–H groups in total. The highest BCUT2D eigenvalue weighted by Crippen LogP contribution is 2.34. The van der Waals surface area contributed by atoms with Crippen LogP contribution in [0.5, 0.6) is 0 Å². The molecule has 0 bridgehead atoms. The van der Waals surface area contributed by atoms with Gasteiger partial charge in [0, 0.05) is 18.1 Å². The number of nitro benzene ring substituents is 1. The molecule has 1 aliphatic rings. The summed E-state index contributed by atoms with van der Waals surface area (Å²) in [5, 5.41) is 10.8. The van der Waals surface area contributed by atoms with Crippen molar-refractivity contribution < 1.29 is 9.72 Å². The molecule has 0 saturated heterocycles. The lowest BCUT2D eigenvalue weighted by atomic mass is 10.00. The summed E-state index contributed by atoms with van der Waals surface area (Å²) in [5.41, 5.74) is 2.04. The van der Waals surface area contributed by atoms with Crippen LogP contribution in [0.1, 0.15) is 24.5 Å².